The third-order valence-corrected chi connectivity index (χ3v) is 2.41. The van der Waals surface area contributed by atoms with Crippen LogP contribution < -0.4 is 0 Å². The van der Waals surface area contributed by atoms with Crippen LogP contribution in [0.5, 0.6) is 0 Å². The highest BCUT2D eigenvalue weighted by Gasteiger charge is 2.31. The fourth-order valence-electron chi connectivity index (χ4n) is 1.92. The second-order valence-electron chi connectivity index (χ2n) is 3.21. The summed E-state index contributed by atoms with van der Waals surface area (Å²) in [5, 5.41) is 7.57. The molecule has 0 aromatic heterocycles. The van der Waals surface area contributed by atoms with E-state index in [0.717, 1.165) is 12.5 Å². The van der Waals surface area contributed by atoms with Crippen LogP contribution >= 0.6 is 0 Å². The van der Waals surface area contributed by atoms with Crippen LogP contribution in [-0.2, 0) is 4.74 Å². The van der Waals surface area contributed by atoms with E-state index >= 15 is 0 Å². The normalized spacial score (nSPS) is 34.4. The first-order valence-corrected chi connectivity index (χ1v) is 4.61. The van der Waals surface area contributed by atoms with Gasteiger partial charge in [-0.3, -0.25) is 0 Å². The molecule has 1 N–H and O–H groups in total. The smallest absolute Gasteiger partial charge is 0.0604 e. The van der Waals surface area contributed by atoms with E-state index in [2.05, 4.69) is 0 Å². The van der Waals surface area contributed by atoms with Gasteiger partial charge < -0.3 is 9.84 Å². The first kappa shape index (κ1) is 9.01. The second kappa shape index (κ2) is 4.73. The van der Waals surface area contributed by atoms with Gasteiger partial charge in [-0.25, -0.2) is 0 Å². The molecular weight excluding hydrogens is 140 g/mol. The Morgan fingerprint density at radius 3 is 2.73 bits per heavy atom. The van der Waals surface area contributed by atoms with Crippen molar-refractivity contribution in [3.63, 3.8) is 0 Å². The molecule has 2 aliphatic rings. The largest absolute Gasteiger partial charge is 0.397 e. The van der Waals surface area contributed by atoms with Crippen molar-refractivity contribution in [1.29, 1.82) is 0 Å². The maximum absolute atomic E-state index is 7.57. The Morgan fingerprint density at radius 2 is 2.09 bits per heavy atom. The molecule has 2 heteroatoms. The minimum atomic E-state index is 0.250. The summed E-state index contributed by atoms with van der Waals surface area (Å²) in [6, 6.07) is 0. The average molecular weight is 158 g/mol. The highest BCUT2D eigenvalue weighted by atomic mass is 16.5. The number of hydrogen-bond acceptors (Lipinski definition) is 2. The van der Waals surface area contributed by atoms with Crippen LogP contribution in [0.4, 0.5) is 0 Å². The summed E-state index contributed by atoms with van der Waals surface area (Å²) < 4.78 is 5.48. The standard InChI is InChI=1S/C7H12O.C2H6O/c1-2-6-4-5-8-7(6)3-1;1-2-3/h6-7H,1-5H2;3H,2H2,1H3/t6-,7?;/m1./s1. The summed E-state index contributed by atoms with van der Waals surface area (Å²) in [6.45, 7) is 2.97. The van der Waals surface area contributed by atoms with E-state index in [1.807, 2.05) is 0 Å². The number of ether oxygens (including phenoxy) is 1. The summed E-state index contributed by atoms with van der Waals surface area (Å²) in [6.07, 6.45) is 6.20. The van der Waals surface area contributed by atoms with Crippen molar-refractivity contribution in [3.05, 3.63) is 0 Å². The van der Waals surface area contributed by atoms with Crippen molar-refractivity contribution in [1.82, 2.24) is 0 Å². The summed E-state index contributed by atoms with van der Waals surface area (Å²) in [5.41, 5.74) is 0. The van der Waals surface area contributed by atoms with Crippen LogP contribution in [0.25, 0.3) is 0 Å². The third-order valence-electron chi connectivity index (χ3n) is 2.41. The zero-order chi connectivity index (χ0) is 8.10. The fourth-order valence-corrected chi connectivity index (χ4v) is 1.92. The number of aliphatic hydroxyl groups is 1. The Morgan fingerprint density at radius 1 is 1.36 bits per heavy atom. The van der Waals surface area contributed by atoms with Crippen LogP contribution in [0.2, 0.25) is 0 Å². The molecule has 1 aliphatic carbocycles. The maximum atomic E-state index is 7.57. The molecule has 1 saturated carbocycles. The number of hydrogen-bond donors (Lipinski definition) is 1. The average Bonchev–Trinajstić information content (AvgIpc) is 2.44. The Hall–Kier alpha value is -0.0800. The first-order chi connectivity index (χ1) is 5.38. The molecule has 1 heterocycles. The molecule has 2 rings (SSSR count). The van der Waals surface area contributed by atoms with Crippen LogP contribution in [0.1, 0.15) is 32.6 Å². The highest BCUT2D eigenvalue weighted by Crippen LogP contribution is 2.35. The van der Waals surface area contributed by atoms with Gasteiger partial charge in [0.25, 0.3) is 0 Å². The van der Waals surface area contributed by atoms with Crippen molar-refractivity contribution in [2.75, 3.05) is 13.2 Å². The van der Waals surface area contributed by atoms with Crippen molar-refractivity contribution >= 4 is 0 Å². The molecule has 0 radical (unpaired) electrons. The lowest BCUT2D eigenvalue weighted by atomic mass is 10.1. The fraction of sp³-hybridized carbons (Fsp3) is 1.00. The summed E-state index contributed by atoms with van der Waals surface area (Å²) in [4.78, 5) is 0. The molecule has 11 heavy (non-hydrogen) atoms. The van der Waals surface area contributed by atoms with Gasteiger partial charge in [-0.1, -0.05) is 6.42 Å². The molecule has 2 atom stereocenters. The van der Waals surface area contributed by atoms with E-state index in [1.54, 1.807) is 6.92 Å². The first-order valence-electron chi connectivity index (χ1n) is 4.61. The van der Waals surface area contributed by atoms with E-state index in [1.165, 1.54) is 25.7 Å². The van der Waals surface area contributed by atoms with E-state index in [9.17, 15) is 0 Å². The van der Waals surface area contributed by atoms with Gasteiger partial charge in [0.15, 0.2) is 0 Å². The monoisotopic (exact) mass is 158 g/mol. The molecule has 1 unspecified atom stereocenters. The third kappa shape index (κ3) is 2.46. The van der Waals surface area contributed by atoms with Gasteiger partial charge in [-0.05, 0) is 32.1 Å². The van der Waals surface area contributed by atoms with Crippen LogP contribution in [0.3, 0.4) is 0 Å². The SMILES string of the molecule is C1CC2OCC[C@H]2C1.CCO. The quantitative estimate of drug-likeness (QED) is 0.580. The van der Waals surface area contributed by atoms with Gasteiger partial charge in [0.05, 0.1) is 6.10 Å². The molecular formula is C9H18O2. The molecule has 0 bridgehead atoms. The number of fused-ring (bicyclic) bond motifs is 1. The van der Waals surface area contributed by atoms with E-state index in [-0.39, 0.29) is 6.61 Å². The van der Waals surface area contributed by atoms with Crippen LogP contribution in [-0.4, -0.2) is 24.4 Å². The Bertz CT molecular complexity index is 83.7. The van der Waals surface area contributed by atoms with Gasteiger partial charge >= 0.3 is 0 Å². The molecule has 0 aromatic carbocycles. The van der Waals surface area contributed by atoms with Crippen LogP contribution in [0.15, 0.2) is 0 Å². The van der Waals surface area contributed by atoms with E-state index in [4.69, 9.17) is 9.84 Å². The van der Waals surface area contributed by atoms with Crippen molar-refractivity contribution < 1.29 is 9.84 Å². The Balaban J connectivity index is 0.000000179. The molecule has 1 aliphatic heterocycles. The van der Waals surface area contributed by atoms with Gasteiger partial charge in [-0.2, -0.15) is 0 Å². The minimum absolute atomic E-state index is 0.250. The number of rotatable bonds is 0. The van der Waals surface area contributed by atoms with Crippen molar-refractivity contribution in [2.45, 2.75) is 38.7 Å². The Kier molecular flexibility index (Phi) is 3.87. The van der Waals surface area contributed by atoms with Crippen LogP contribution in [0, 0.1) is 5.92 Å². The molecule has 0 spiro atoms. The molecule has 0 aromatic rings. The van der Waals surface area contributed by atoms with Gasteiger partial charge in [0.1, 0.15) is 0 Å². The van der Waals surface area contributed by atoms with Gasteiger partial charge in [-0.15, -0.1) is 0 Å². The summed E-state index contributed by atoms with van der Waals surface area (Å²) >= 11 is 0. The topological polar surface area (TPSA) is 29.5 Å². The second-order valence-corrected chi connectivity index (χ2v) is 3.21. The van der Waals surface area contributed by atoms with E-state index < -0.39 is 0 Å². The van der Waals surface area contributed by atoms with Crippen molar-refractivity contribution in [2.24, 2.45) is 5.92 Å². The predicted octanol–water partition coefficient (Wildman–Crippen LogP) is 1.57. The maximum Gasteiger partial charge on any atom is 0.0604 e. The summed E-state index contributed by atoms with van der Waals surface area (Å²) in [7, 11) is 0. The molecule has 2 nitrogen and oxygen atoms in total. The molecule has 0 amide bonds. The lowest BCUT2D eigenvalue weighted by Gasteiger charge is -2.04. The van der Waals surface area contributed by atoms with E-state index in [0.29, 0.717) is 6.10 Å². The molecule has 1 saturated heterocycles. The van der Waals surface area contributed by atoms with Gasteiger partial charge in [0, 0.05) is 13.2 Å². The van der Waals surface area contributed by atoms with Gasteiger partial charge in [0.2, 0.25) is 0 Å². The van der Waals surface area contributed by atoms with Crippen molar-refractivity contribution in [3.8, 4) is 0 Å². The Labute approximate surface area is 68.6 Å². The summed E-state index contributed by atoms with van der Waals surface area (Å²) in [5.74, 6) is 0.954. The lowest BCUT2D eigenvalue weighted by Crippen LogP contribution is -2.06. The lowest BCUT2D eigenvalue weighted by molar-refractivity contribution is 0.103. The zero-order valence-corrected chi connectivity index (χ0v) is 7.25. The predicted molar refractivity (Wildman–Crippen MR) is 44.5 cm³/mol. The minimum Gasteiger partial charge on any atom is -0.397 e. The molecule has 2 fully saturated rings. The number of aliphatic hydroxyl groups excluding tert-OH is 1. The zero-order valence-electron chi connectivity index (χ0n) is 7.25. The molecule has 66 valence electrons. The highest BCUT2D eigenvalue weighted by molar-refractivity contribution is 4.81.